The third-order valence-corrected chi connectivity index (χ3v) is 2.81. The van der Waals surface area contributed by atoms with E-state index in [1.165, 1.54) is 11.0 Å². The van der Waals surface area contributed by atoms with Gasteiger partial charge in [-0.3, -0.25) is 10.7 Å². The van der Waals surface area contributed by atoms with Crippen LogP contribution in [0.3, 0.4) is 0 Å². The zero-order chi connectivity index (χ0) is 11.9. The van der Waals surface area contributed by atoms with Gasteiger partial charge in [-0.2, -0.15) is 0 Å². The fourth-order valence-electron chi connectivity index (χ4n) is 1.67. The number of phenolic OH excluding ortho intramolecular Hbond substituents is 1. The van der Waals surface area contributed by atoms with Gasteiger partial charge >= 0.3 is 6.03 Å². The minimum absolute atomic E-state index is 0.0168. The number of phenols is 1. The van der Waals surface area contributed by atoms with Crippen molar-refractivity contribution < 1.29 is 9.90 Å². The summed E-state index contributed by atoms with van der Waals surface area (Å²) in [5.74, 6) is 0.0890. The van der Waals surface area contributed by atoms with Crippen molar-refractivity contribution in [2.45, 2.75) is 6.04 Å². The third kappa shape index (κ3) is 1.59. The van der Waals surface area contributed by atoms with E-state index in [0.29, 0.717) is 5.56 Å². The van der Waals surface area contributed by atoms with Crippen LogP contribution in [0.1, 0.15) is 11.6 Å². The smallest absolute Gasteiger partial charge is 0.323 e. The van der Waals surface area contributed by atoms with Crippen LogP contribution in [0.2, 0.25) is 5.02 Å². The first-order valence-electron chi connectivity index (χ1n) is 4.61. The normalized spacial score (nSPS) is 20.1. The number of halogens is 1. The lowest BCUT2D eigenvalue weighted by Gasteiger charge is -2.18. The number of hydrogen-bond donors (Lipinski definition) is 3. The molecule has 1 atom stereocenters. The minimum Gasteiger partial charge on any atom is -0.506 e. The molecule has 0 saturated carbocycles. The molecule has 5 nitrogen and oxygen atoms in total. The number of carbonyl (C=O) groups is 1. The molecule has 1 unspecified atom stereocenters. The zero-order valence-electron chi connectivity index (χ0n) is 8.49. The molecule has 0 spiro atoms. The van der Waals surface area contributed by atoms with Gasteiger partial charge in [0, 0.05) is 7.05 Å². The summed E-state index contributed by atoms with van der Waals surface area (Å²) < 4.78 is 0. The number of nitrogens with one attached hydrogen (secondary N) is 2. The number of carbonyl (C=O) groups excluding carboxylic acids is 1. The second kappa shape index (κ2) is 3.68. The number of rotatable bonds is 1. The quantitative estimate of drug-likeness (QED) is 0.698. The number of nitrogens with zero attached hydrogens (tertiary/aromatic N) is 1. The summed E-state index contributed by atoms with van der Waals surface area (Å²) in [6.45, 7) is 0. The average Bonchev–Trinajstić information content (AvgIpc) is 2.47. The van der Waals surface area contributed by atoms with Gasteiger partial charge in [-0.1, -0.05) is 17.7 Å². The van der Waals surface area contributed by atoms with Crippen molar-refractivity contribution in [1.29, 1.82) is 5.41 Å². The first kappa shape index (κ1) is 10.8. The van der Waals surface area contributed by atoms with Gasteiger partial charge in [0.1, 0.15) is 17.6 Å². The van der Waals surface area contributed by atoms with Crippen molar-refractivity contribution in [3.8, 4) is 5.75 Å². The van der Waals surface area contributed by atoms with Gasteiger partial charge < -0.3 is 10.0 Å². The van der Waals surface area contributed by atoms with E-state index in [-0.39, 0.29) is 22.6 Å². The van der Waals surface area contributed by atoms with Crippen LogP contribution < -0.4 is 5.32 Å². The number of hydrogen-bond acceptors (Lipinski definition) is 3. The molecule has 1 aromatic rings. The van der Waals surface area contributed by atoms with Gasteiger partial charge in [0.2, 0.25) is 0 Å². The maximum atomic E-state index is 11.3. The van der Waals surface area contributed by atoms with Crippen LogP contribution in [0.5, 0.6) is 5.75 Å². The van der Waals surface area contributed by atoms with Gasteiger partial charge in [-0.25, -0.2) is 4.79 Å². The van der Waals surface area contributed by atoms with Gasteiger partial charge in [-0.05, 0) is 17.7 Å². The van der Waals surface area contributed by atoms with Gasteiger partial charge in [0.25, 0.3) is 0 Å². The zero-order valence-corrected chi connectivity index (χ0v) is 9.25. The molecule has 1 saturated heterocycles. The summed E-state index contributed by atoms with van der Waals surface area (Å²) >= 11 is 5.78. The van der Waals surface area contributed by atoms with E-state index in [2.05, 4.69) is 5.32 Å². The number of amides is 2. The summed E-state index contributed by atoms with van der Waals surface area (Å²) in [5.41, 5.74) is 0.689. The Labute approximate surface area is 97.1 Å². The van der Waals surface area contributed by atoms with Gasteiger partial charge in [-0.15, -0.1) is 0 Å². The molecule has 1 fully saturated rings. The molecular weight excluding hydrogens is 230 g/mol. The molecule has 0 radical (unpaired) electrons. The first-order valence-corrected chi connectivity index (χ1v) is 4.99. The highest BCUT2D eigenvalue weighted by atomic mass is 35.5. The Kier molecular flexibility index (Phi) is 2.47. The van der Waals surface area contributed by atoms with Crippen molar-refractivity contribution in [2.24, 2.45) is 0 Å². The summed E-state index contributed by atoms with van der Waals surface area (Å²) in [6.07, 6.45) is 0. The number of urea groups is 1. The van der Waals surface area contributed by atoms with Crippen LogP contribution in [-0.4, -0.2) is 28.9 Å². The summed E-state index contributed by atoms with van der Waals surface area (Å²) in [5, 5.41) is 19.6. The molecule has 1 aromatic carbocycles. The van der Waals surface area contributed by atoms with Crippen LogP contribution in [-0.2, 0) is 0 Å². The molecule has 84 valence electrons. The predicted octanol–water partition coefficient (Wildman–Crippen LogP) is 1.72. The molecule has 0 bridgehead atoms. The Morgan fingerprint density at radius 3 is 2.75 bits per heavy atom. The fourth-order valence-corrected chi connectivity index (χ4v) is 1.86. The predicted molar refractivity (Wildman–Crippen MR) is 59.9 cm³/mol. The van der Waals surface area contributed by atoms with Gasteiger partial charge in [0.05, 0.1) is 5.02 Å². The third-order valence-electron chi connectivity index (χ3n) is 2.51. The second-order valence-corrected chi connectivity index (χ2v) is 3.98. The van der Waals surface area contributed by atoms with E-state index in [9.17, 15) is 9.90 Å². The molecule has 6 heteroatoms. The average molecular weight is 240 g/mol. The van der Waals surface area contributed by atoms with E-state index >= 15 is 0 Å². The molecule has 2 rings (SSSR count). The maximum absolute atomic E-state index is 11.3. The summed E-state index contributed by atoms with van der Waals surface area (Å²) in [7, 11) is 1.60. The topological polar surface area (TPSA) is 76.4 Å². The van der Waals surface area contributed by atoms with Crippen molar-refractivity contribution >= 4 is 23.5 Å². The molecule has 1 aliphatic rings. The Bertz CT molecular complexity index is 475. The number of amidine groups is 1. The number of benzene rings is 1. The fraction of sp³-hybridized carbons (Fsp3) is 0.200. The summed E-state index contributed by atoms with van der Waals surface area (Å²) in [6, 6.07) is 3.84. The lowest BCUT2D eigenvalue weighted by molar-refractivity contribution is 0.217. The van der Waals surface area contributed by atoms with E-state index in [0.717, 1.165) is 0 Å². The molecule has 3 N–H and O–H groups in total. The summed E-state index contributed by atoms with van der Waals surface area (Å²) in [4.78, 5) is 12.7. The van der Waals surface area contributed by atoms with Crippen LogP contribution in [0.4, 0.5) is 4.79 Å². The molecule has 1 aliphatic heterocycles. The largest absolute Gasteiger partial charge is 0.506 e. The van der Waals surface area contributed by atoms with E-state index in [4.69, 9.17) is 17.0 Å². The Morgan fingerprint density at radius 2 is 2.25 bits per heavy atom. The van der Waals surface area contributed by atoms with E-state index in [1.807, 2.05) is 0 Å². The highest BCUT2D eigenvalue weighted by Gasteiger charge is 2.34. The van der Waals surface area contributed by atoms with Crippen molar-refractivity contribution in [2.75, 3.05) is 7.05 Å². The molecule has 0 aliphatic carbocycles. The Morgan fingerprint density at radius 1 is 1.56 bits per heavy atom. The lowest BCUT2D eigenvalue weighted by Crippen LogP contribution is -2.25. The standard InChI is InChI=1S/C10H10ClN3O2/c1-14-8(9(12)13-10(14)16)5-2-3-7(15)6(11)4-5/h2-4,8,15H,1H3,(H2,12,13,16). The van der Waals surface area contributed by atoms with Crippen LogP contribution in [0, 0.1) is 5.41 Å². The SMILES string of the molecule is CN1C(=O)NC(=N)C1c1ccc(O)c(Cl)c1. The Balaban J connectivity index is 2.40. The first-order chi connectivity index (χ1) is 7.50. The number of aromatic hydroxyl groups is 1. The van der Waals surface area contributed by atoms with Crippen molar-refractivity contribution in [3.05, 3.63) is 28.8 Å². The maximum Gasteiger partial charge on any atom is 0.323 e. The van der Waals surface area contributed by atoms with Crippen LogP contribution in [0.15, 0.2) is 18.2 Å². The van der Waals surface area contributed by atoms with E-state index < -0.39 is 6.04 Å². The molecule has 16 heavy (non-hydrogen) atoms. The van der Waals surface area contributed by atoms with Crippen molar-refractivity contribution in [1.82, 2.24) is 10.2 Å². The molecular formula is C10H10ClN3O2. The van der Waals surface area contributed by atoms with Crippen LogP contribution in [0.25, 0.3) is 0 Å². The number of likely N-dealkylation sites (N-methyl/N-ethyl adjacent to an activating group) is 1. The van der Waals surface area contributed by atoms with E-state index in [1.54, 1.807) is 19.2 Å². The van der Waals surface area contributed by atoms with Gasteiger partial charge in [0.15, 0.2) is 0 Å². The van der Waals surface area contributed by atoms with Crippen LogP contribution >= 0.6 is 11.6 Å². The minimum atomic E-state index is -0.467. The second-order valence-electron chi connectivity index (χ2n) is 3.57. The lowest BCUT2D eigenvalue weighted by atomic mass is 10.1. The molecule has 0 aromatic heterocycles. The Hall–Kier alpha value is -1.75. The van der Waals surface area contributed by atoms with Crippen molar-refractivity contribution in [3.63, 3.8) is 0 Å². The molecule has 1 heterocycles. The highest BCUT2D eigenvalue weighted by molar-refractivity contribution is 6.32. The highest BCUT2D eigenvalue weighted by Crippen LogP contribution is 2.30. The molecule has 2 amide bonds. The monoisotopic (exact) mass is 239 g/mol.